The number of nitrogens with one attached hydrogen (secondary N) is 1. The molecule has 2 aliphatic rings. The first kappa shape index (κ1) is 17.7. The third-order valence-corrected chi connectivity index (χ3v) is 6.47. The number of hydrogen-bond acceptors (Lipinski definition) is 2. The van der Waals surface area contributed by atoms with E-state index in [0.717, 1.165) is 27.7 Å². The van der Waals surface area contributed by atoms with E-state index in [1.54, 1.807) is 0 Å². The number of fused-ring (bicyclic) bond motifs is 4. The first-order valence-corrected chi connectivity index (χ1v) is 10.5. The van der Waals surface area contributed by atoms with Crippen molar-refractivity contribution >= 4 is 43.7 Å². The second kappa shape index (κ2) is 6.31. The predicted molar refractivity (Wildman–Crippen MR) is 119 cm³/mol. The zero-order valence-corrected chi connectivity index (χ0v) is 17.6. The van der Waals surface area contributed by atoms with Gasteiger partial charge in [0, 0.05) is 27.7 Å². The zero-order valence-electron chi connectivity index (χ0n) is 16.1. The summed E-state index contributed by atoms with van der Waals surface area (Å²) >= 11 is 3.52. The van der Waals surface area contributed by atoms with Crippen LogP contribution in [0.2, 0.25) is 0 Å². The molecule has 0 saturated carbocycles. The summed E-state index contributed by atoms with van der Waals surface area (Å²) in [7, 11) is 0. The Kier molecular flexibility index (Phi) is 3.99. The minimum absolute atomic E-state index is 0.0221. The van der Waals surface area contributed by atoms with E-state index in [4.69, 9.17) is 0 Å². The standard InChI is InChI=1S/C25H22BrNO/c1-25(2)13-19-22-18-6-4-3-5-15(18)9-12-20(22)27-24(23(19)21(28)14-25)16-7-10-17(26)11-8-16/h3-12,24,27H,13-14H2,1-2H3/t24-/m0/s1. The topological polar surface area (TPSA) is 29.1 Å². The van der Waals surface area contributed by atoms with Crippen LogP contribution < -0.4 is 5.32 Å². The highest BCUT2D eigenvalue weighted by Crippen LogP contribution is 2.51. The number of allylic oxidation sites excluding steroid dienone is 1. The van der Waals surface area contributed by atoms with Gasteiger partial charge in [-0.05, 0) is 51.9 Å². The molecule has 0 bridgehead atoms. The number of hydrogen-bond donors (Lipinski definition) is 1. The highest BCUT2D eigenvalue weighted by Gasteiger charge is 2.40. The van der Waals surface area contributed by atoms with Crippen LogP contribution in [-0.4, -0.2) is 5.78 Å². The maximum atomic E-state index is 13.3. The van der Waals surface area contributed by atoms with Crippen molar-refractivity contribution in [2.75, 3.05) is 5.32 Å². The number of carbonyl (C=O) groups excluding carboxylic acids is 1. The second-order valence-electron chi connectivity index (χ2n) is 8.67. The Balaban J connectivity index is 1.79. The number of rotatable bonds is 1. The van der Waals surface area contributed by atoms with E-state index >= 15 is 0 Å². The molecule has 140 valence electrons. The Hall–Kier alpha value is -2.39. The van der Waals surface area contributed by atoms with Gasteiger partial charge in [-0.1, -0.05) is 72.2 Å². The lowest BCUT2D eigenvalue weighted by atomic mass is 9.68. The molecule has 3 aromatic carbocycles. The lowest BCUT2D eigenvalue weighted by molar-refractivity contribution is -0.118. The number of anilines is 1. The minimum atomic E-state index is -0.0969. The van der Waals surface area contributed by atoms with Gasteiger partial charge in [-0.15, -0.1) is 0 Å². The van der Waals surface area contributed by atoms with Gasteiger partial charge < -0.3 is 5.32 Å². The molecule has 0 fully saturated rings. The summed E-state index contributed by atoms with van der Waals surface area (Å²) in [4.78, 5) is 13.3. The van der Waals surface area contributed by atoms with E-state index in [2.05, 4.69) is 83.6 Å². The molecule has 0 unspecified atom stereocenters. The van der Waals surface area contributed by atoms with Crippen molar-refractivity contribution < 1.29 is 4.79 Å². The summed E-state index contributed by atoms with van der Waals surface area (Å²) in [5.41, 5.74) is 5.61. The van der Waals surface area contributed by atoms with Gasteiger partial charge in [-0.3, -0.25) is 4.79 Å². The van der Waals surface area contributed by atoms with Crippen molar-refractivity contribution in [3.8, 4) is 0 Å². The Bertz CT molecular complexity index is 1140. The van der Waals surface area contributed by atoms with Crippen molar-refractivity contribution in [3.05, 3.63) is 81.8 Å². The maximum absolute atomic E-state index is 13.3. The van der Waals surface area contributed by atoms with Gasteiger partial charge >= 0.3 is 0 Å². The van der Waals surface area contributed by atoms with Crippen LogP contribution in [0.3, 0.4) is 0 Å². The number of Topliss-reactive ketones (excluding diaryl/α,β-unsaturated/α-hetero) is 1. The molecule has 1 N–H and O–H groups in total. The molecule has 0 saturated heterocycles. The molecule has 1 heterocycles. The average molecular weight is 432 g/mol. The van der Waals surface area contributed by atoms with Crippen molar-refractivity contribution in [1.29, 1.82) is 0 Å². The number of ketones is 1. The molecule has 2 nitrogen and oxygen atoms in total. The van der Waals surface area contributed by atoms with E-state index < -0.39 is 0 Å². The fraction of sp³-hybridized carbons (Fsp3) is 0.240. The Morgan fingerprint density at radius 3 is 2.50 bits per heavy atom. The Labute approximate surface area is 173 Å². The van der Waals surface area contributed by atoms with Crippen LogP contribution in [0, 0.1) is 5.41 Å². The van der Waals surface area contributed by atoms with Crippen molar-refractivity contribution in [2.24, 2.45) is 5.41 Å². The predicted octanol–water partition coefficient (Wildman–Crippen LogP) is 6.91. The molecular weight excluding hydrogens is 410 g/mol. The SMILES string of the molecule is CC1(C)CC(=O)C2=C(C1)c1c(ccc3ccccc13)N[C@H]2c1ccc(Br)cc1. The van der Waals surface area contributed by atoms with Crippen LogP contribution in [0.4, 0.5) is 5.69 Å². The molecule has 3 heteroatoms. The largest absolute Gasteiger partial charge is 0.373 e. The smallest absolute Gasteiger partial charge is 0.162 e. The minimum Gasteiger partial charge on any atom is -0.373 e. The quantitative estimate of drug-likeness (QED) is 0.453. The first-order chi connectivity index (χ1) is 13.4. The highest BCUT2D eigenvalue weighted by atomic mass is 79.9. The Morgan fingerprint density at radius 1 is 0.964 bits per heavy atom. The van der Waals surface area contributed by atoms with Gasteiger partial charge in [0.05, 0.1) is 6.04 Å². The van der Waals surface area contributed by atoms with Crippen LogP contribution in [-0.2, 0) is 4.79 Å². The van der Waals surface area contributed by atoms with E-state index in [9.17, 15) is 4.79 Å². The Morgan fingerprint density at radius 2 is 1.71 bits per heavy atom. The van der Waals surface area contributed by atoms with Crippen molar-refractivity contribution in [3.63, 3.8) is 0 Å². The molecule has 0 amide bonds. The average Bonchev–Trinajstić information content (AvgIpc) is 2.66. The van der Waals surface area contributed by atoms with Crippen LogP contribution in [0.1, 0.15) is 43.9 Å². The third-order valence-electron chi connectivity index (χ3n) is 5.94. The highest BCUT2D eigenvalue weighted by molar-refractivity contribution is 9.10. The van der Waals surface area contributed by atoms with Crippen LogP contribution in [0.25, 0.3) is 16.3 Å². The molecule has 0 radical (unpaired) electrons. The number of carbonyl (C=O) groups is 1. The summed E-state index contributed by atoms with van der Waals surface area (Å²) in [6.07, 6.45) is 1.52. The molecule has 5 rings (SSSR count). The molecule has 0 spiro atoms. The van der Waals surface area contributed by atoms with Gasteiger partial charge in [0.2, 0.25) is 0 Å². The lowest BCUT2D eigenvalue weighted by Gasteiger charge is -2.40. The zero-order chi connectivity index (χ0) is 19.5. The summed E-state index contributed by atoms with van der Waals surface area (Å²) in [6, 6.07) is 21.0. The van der Waals surface area contributed by atoms with Crippen LogP contribution >= 0.6 is 15.9 Å². The molecule has 1 atom stereocenters. The number of halogens is 1. The molecule has 0 aromatic heterocycles. The monoisotopic (exact) mass is 431 g/mol. The lowest BCUT2D eigenvalue weighted by Crippen LogP contribution is -2.33. The summed E-state index contributed by atoms with van der Waals surface area (Å²) in [5, 5.41) is 6.13. The van der Waals surface area contributed by atoms with Gasteiger partial charge in [-0.25, -0.2) is 0 Å². The van der Waals surface area contributed by atoms with Gasteiger partial charge in [0.25, 0.3) is 0 Å². The third kappa shape index (κ3) is 2.80. The summed E-state index contributed by atoms with van der Waals surface area (Å²) in [6.45, 7) is 4.41. The summed E-state index contributed by atoms with van der Waals surface area (Å²) in [5.74, 6) is 0.269. The normalized spacial score (nSPS) is 20.5. The van der Waals surface area contributed by atoms with E-state index in [1.165, 1.54) is 21.9 Å². The van der Waals surface area contributed by atoms with E-state index in [1.807, 2.05) is 12.1 Å². The van der Waals surface area contributed by atoms with Gasteiger partial charge in [0.1, 0.15) is 0 Å². The van der Waals surface area contributed by atoms with Crippen molar-refractivity contribution in [2.45, 2.75) is 32.7 Å². The summed E-state index contributed by atoms with van der Waals surface area (Å²) < 4.78 is 1.05. The maximum Gasteiger partial charge on any atom is 0.162 e. The van der Waals surface area contributed by atoms with Gasteiger partial charge in [0.15, 0.2) is 5.78 Å². The number of benzene rings is 3. The van der Waals surface area contributed by atoms with Gasteiger partial charge in [-0.2, -0.15) is 0 Å². The van der Waals surface area contributed by atoms with E-state index in [-0.39, 0.29) is 17.2 Å². The molecular formula is C25H22BrNO. The van der Waals surface area contributed by atoms with E-state index in [0.29, 0.717) is 6.42 Å². The fourth-order valence-electron chi connectivity index (χ4n) is 4.74. The molecule has 28 heavy (non-hydrogen) atoms. The van der Waals surface area contributed by atoms with Crippen LogP contribution in [0.5, 0.6) is 0 Å². The second-order valence-corrected chi connectivity index (χ2v) is 9.59. The first-order valence-electron chi connectivity index (χ1n) is 9.73. The fourth-order valence-corrected chi connectivity index (χ4v) is 5.01. The molecule has 3 aromatic rings. The molecule has 1 aliphatic heterocycles. The van der Waals surface area contributed by atoms with Crippen LogP contribution in [0.15, 0.2) is 70.7 Å². The molecule has 1 aliphatic carbocycles. The van der Waals surface area contributed by atoms with Crippen molar-refractivity contribution in [1.82, 2.24) is 0 Å².